The van der Waals surface area contributed by atoms with Crippen LogP contribution in [0, 0.1) is 6.92 Å². The molecule has 0 atom stereocenters. The van der Waals surface area contributed by atoms with Crippen molar-refractivity contribution in [3.05, 3.63) is 29.0 Å². The van der Waals surface area contributed by atoms with Crippen molar-refractivity contribution in [1.82, 2.24) is 9.97 Å². The summed E-state index contributed by atoms with van der Waals surface area (Å²) in [5.41, 5.74) is 0.191. The molecule has 0 radical (unpaired) electrons. The van der Waals surface area contributed by atoms with E-state index in [-0.39, 0.29) is 22.2 Å². The molecule has 108 valence electrons. The van der Waals surface area contributed by atoms with Crippen LogP contribution in [0.4, 0.5) is 5.00 Å². The minimum Gasteiger partial charge on any atom is -0.462 e. The number of aromatic nitrogens is 2. The Kier molecular flexibility index (Phi) is 4.09. The molecule has 7 nitrogen and oxygen atoms in total. The van der Waals surface area contributed by atoms with E-state index in [9.17, 15) is 13.2 Å². The molecular weight excluding hydrogens is 302 g/mol. The second-order valence-corrected chi connectivity index (χ2v) is 6.39. The molecule has 0 bridgehead atoms. The lowest BCUT2D eigenvalue weighted by molar-refractivity contribution is 0.0528. The van der Waals surface area contributed by atoms with E-state index in [2.05, 4.69) is 14.7 Å². The van der Waals surface area contributed by atoms with Gasteiger partial charge < -0.3 is 9.72 Å². The molecule has 20 heavy (non-hydrogen) atoms. The van der Waals surface area contributed by atoms with Gasteiger partial charge in [0, 0.05) is 0 Å². The number of rotatable bonds is 5. The minimum atomic E-state index is -3.80. The number of hydrogen-bond acceptors (Lipinski definition) is 6. The summed E-state index contributed by atoms with van der Waals surface area (Å²) in [5, 5.41) is 1.77. The van der Waals surface area contributed by atoms with E-state index in [1.807, 2.05) is 0 Å². The summed E-state index contributed by atoms with van der Waals surface area (Å²) in [7, 11) is -3.80. The van der Waals surface area contributed by atoms with Gasteiger partial charge in [0.15, 0.2) is 5.03 Å². The van der Waals surface area contributed by atoms with Gasteiger partial charge in [-0.3, -0.25) is 4.72 Å². The highest BCUT2D eigenvalue weighted by Crippen LogP contribution is 2.26. The predicted molar refractivity (Wildman–Crippen MR) is 74.4 cm³/mol. The average Bonchev–Trinajstić information content (AvgIpc) is 2.98. The third-order valence-corrected chi connectivity index (χ3v) is 4.58. The topological polar surface area (TPSA) is 101 Å². The van der Waals surface area contributed by atoms with Gasteiger partial charge in [-0.2, -0.15) is 8.42 Å². The van der Waals surface area contributed by atoms with E-state index in [4.69, 9.17) is 4.74 Å². The van der Waals surface area contributed by atoms with E-state index in [1.165, 1.54) is 12.3 Å². The number of nitrogens with zero attached hydrogens (tertiary/aromatic N) is 1. The molecule has 9 heteroatoms. The molecule has 0 aliphatic carbocycles. The van der Waals surface area contributed by atoms with Crippen LogP contribution in [0.5, 0.6) is 0 Å². The van der Waals surface area contributed by atoms with Gasteiger partial charge in [0.05, 0.1) is 18.4 Å². The Morgan fingerprint density at radius 3 is 2.90 bits per heavy atom. The van der Waals surface area contributed by atoms with E-state index in [0.717, 1.165) is 11.3 Å². The number of esters is 1. The Bertz CT molecular complexity index is 718. The number of aromatic amines is 1. The highest BCUT2D eigenvalue weighted by molar-refractivity contribution is 7.92. The second kappa shape index (κ2) is 5.63. The molecule has 0 aliphatic heterocycles. The predicted octanol–water partition coefficient (Wildman–Crippen LogP) is 1.76. The number of aryl methyl sites for hydroxylation is 1. The van der Waals surface area contributed by atoms with Crippen LogP contribution in [0.1, 0.15) is 23.1 Å². The molecule has 0 spiro atoms. The number of thiophene rings is 1. The first-order chi connectivity index (χ1) is 9.44. The zero-order chi connectivity index (χ0) is 14.8. The molecule has 2 aromatic heterocycles. The van der Waals surface area contributed by atoms with Gasteiger partial charge in [-0.05, 0) is 25.3 Å². The van der Waals surface area contributed by atoms with Gasteiger partial charge in [-0.15, -0.1) is 11.3 Å². The zero-order valence-corrected chi connectivity index (χ0v) is 12.5. The fourth-order valence-electron chi connectivity index (χ4n) is 1.47. The van der Waals surface area contributed by atoms with Crippen LogP contribution >= 0.6 is 11.3 Å². The lowest BCUT2D eigenvalue weighted by Gasteiger charge is -2.06. The molecule has 0 saturated carbocycles. The molecule has 2 heterocycles. The third-order valence-electron chi connectivity index (χ3n) is 2.36. The van der Waals surface area contributed by atoms with Crippen molar-refractivity contribution in [1.29, 1.82) is 0 Å². The molecule has 0 amide bonds. The minimum absolute atomic E-state index is 0.0572. The molecule has 0 aromatic carbocycles. The highest BCUT2D eigenvalue weighted by atomic mass is 32.2. The fraction of sp³-hybridized carbons (Fsp3) is 0.273. The van der Waals surface area contributed by atoms with Gasteiger partial charge in [0.25, 0.3) is 10.0 Å². The van der Waals surface area contributed by atoms with E-state index in [0.29, 0.717) is 5.82 Å². The van der Waals surface area contributed by atoms with E-state index in [1.54, 1.807) is 19.2 Å². The third kappa shape index (κ3) is 2.99. The number of imidazole rings is 1. The van der Waals surface area contributed by atoms with E-state index >= 15 is 0 Å². The molecule has 0 unspecified atom stereocenters. The zero-order valence-electron chi connectivity index (χ0n) is 10.8. The van der Waals surface area contributed by atoms with Gasteiger partial charge in [-0.1, -0.05) is 0 Å². The molecular formula is C11H13N3O4S2. The van der Waals surface area contributed by atoms with E-state index < -0.39 is 16.0 Å². The smallest absolute Gasteiger partial charge is 0.341 e. The standard InChI is InChI=1S/C11H13N3O4S2/c1-3-18-11(15)8-4-5-19-10(8)14-20(16,17)9-6-12-7(2)13-9/h4-6,14H,3H2,1-2H3,(H,12,13). The van der Waals surface area contributed by atoms with Crippen LogP contribution in [0.2, 0.25) is 0 Å². The van der Waals surface area contributed by atoms with Gasteiger partial charge >= 0.3 is 5.97 Å². The number of hydrogen-bond donors (Lipinski definition) is 2. The Morgan fingerprint density at radius 1 is 1.55 bits per heavy atom. The molecule has 0 fully saturated rings. The number of sulfonamides is 1. The van der Waals surface area contributed by atoms with Crippen molar-refractivity contribution < 1.29 is 17.9 Å². The second-order valence-electron chi connectivity index (χ2n) is 3.82. The number of anilines is 1. The first kappa shape index (κ1) is 14.5. The lowest BCUT2D eigenvalue weighted by Crippen LogP contribution is -2.15. The maximum absolute atomic E-state index is 12.1. The van der Waals surface area contributed by atoms with Crippen molar-refractivity contribution in [3.8, 4) is 0 Å². The SMILES string of the molecule is CCOC(=O)c1ccsc1NS(=O)(=O)c1cnc(C)[nH]1. The first-order valence-electron chi connectivity index (χ1n) is 5.73. The summed E-state index contributed by atoms with van der Waals surface area (Å²) in [6.45, 7) is 3.55. The summed E-state index contributed by atoms with van der Waals surface area (Å²) in [5.74, 6) is -0.0746. The Labute approximate surface area is 120 Å². The lowest BCUT2D eigenvalue weighted by atomic mass is 10.3. The first-order valence-corrected chi connectivity index (χ1v) is 8.09. The van der Waals surface area contributed by atoms with Crippen LogP contribution in [0.15, 0.2) is 22.7 Å². The Balaban J connectivity index is 2.27. The van der Waals surface area contributed by atoms with Crippen molar-refractivity contribution in [3.63, 3.8) is 0 Å². The largest absolute Gasteiger partial charge is 0.462 e. The number of ether oxygens (including phenoxy) is 1. The van der Waals surface area contributed by atoms with Crippen molar-refractivity contribution in [2.45, 2.75) is 18.9 Å². The normalized spacial score (nSPS) is 11.3. The van der Waals surface area contributed by atoms with Crippen LogP contribution < -0.4 is 4.72 Å². The summed E-state index contributed by atoms with van der Waals surface area (Å²) in [6, 6.07) is 1.51. The van der Waals surface area contributed by atoms with Crippen LogP contribution in [0.3, 0.4) is 0 Å². The summed E-state index contributed by atoms with van der Waals surface area (Å²) >= 11 is 1.11. The molecule has 0 aliphatic rings. The van der Waals surface area contributed by atoms with Crippen molar-refractivity contribution >= 4 is 32.3 Å². The molecule has 0 saturated heterocycles. The summed E-state index contributed by atoms with van der Waals surface area (Å²) < 4.78 is 31.5. The fourth-order valence-corrected chi connectivity index (χ4v) is 3.55. The quantitative estimate of drug-likeness (QED) is 0.819. The summed E-state index contributed by atoms with van der Waals surface area (Å²) in [4.78, 5) is 18.1. The molecule has 2 rings (SSSR count). The number of H-pyrrole nitrogens is 1. The van der Waals surface area contributed by atoms with Crippen LogP contribution in [0.25, 0.3) is 0 Å². The average molecular weight is 315 g/mol. The molecule has 2 aromatic rings. The maximum Gasteiger partial charge on any atom is 0.341 e. The summed E-state index contributed by atoms with van der Waals surface area (Å²) in [6.07, 6.45) is 1.22. The highest BCUT2D eigenvalue weighted by Gasteiger charge is 2.22. The number of carbonyl (C=O) groups excluding carboxylic acids is 1. The maximum atomic E-state index is 12.1. The van der Waals surface area contributed by atoms with Gasteiger partial charge in [0.1, 0.15) is 10.8 Å². The Morgan fingerprint density at radius 2 is 2.30 bits per heavy atom. The van der Waals surface area contributed by atoms with Gasteiger partial charge in [0.2, 0.25) is 0 Å². The van der Waals surface area contributed by atoms with Crippen LogP contribution in [-0.2, 0) is 14.8 Å². The number of nitrogens with one attached hydrogen (secondary N) is 2. The van der Waals surface area contributed by atoms with Crippen molar-refractivity contribution in [2.75, 3.05) is 11.3 Å². The van der Waals surface area contributed by atoms with Gasteiger partial charge in [-0.25, -0.2) is 9.78 Å². The monoisotopic (exact) mass is 315 g/mol. The van der Waals surface area contributed by atoms with Crippen LogP contribution in [-0.4, -0.2) is 31.0 Å². The van der Waals surface area contributed by atoms with Crippen molar-refractivity contribution in [2.24, 2.45) is 0 Å². The molecule has 2 N–H and O–H groups in total. The number of carbonyl (C=O) groups is 1. The Hall–Kier alpha value is -1.87.